The first-order chi connectivity index (χ1) is 7.24. The molecule has 0 radical (unpaired) electrons. The molecular weight excluding hydrogens is 317 g/mol. The van der Waals surface area contributed by atoms with Crippen LogP contribution in [0.15, 0.2) is 4.99 Å². The van der Waals surface area contributed by atoms with Crippen LogP contribution in [0.25, 0.3) is 0 Å². The summed E-state index contributed by atoms with van der Waals surface area (Å²) >= 11 is 0. The molecule has 0 bridgehead atoms. The second kappa shape index (κ2) is 6.05. The van der Waals surface area contributed by atoms with E-state index in [1.807, 2.05) is 0 Å². The number of halogens is 1. The number of nitrogens with two attached hydrogens (primary N) is 1. The van der Waals surface area contributed by atoms with Crippen LogP contribution in [0.2, 0.25) is 0 Å². The minimum Gasteiger partial charge on any atom is -0.396 e. The SMILES string of the molecule is I.NC(=NCC1(CO)CC1)NCC1CCC1. The van der Waals surface area contributed by atoms with E-state index in [0.717, 1.165) is 25.3 Å². The van der Waals surface area contributed by atoms with Crippen molar-refractivity contribution in [2.45, 2.75) is 32.1 Å². The van der Waals surface area contributed by atoms with Crippen molar-refractivity contribution in [3.8, 4) is 0 Å². The van der Waals surface area contributed by atoms with Crippen molar-refractivity contribution in [1.29, 1.82) is 0 Å². The third kappa shape index (κ3) is 3.76. The van der Waals surface area contributed by atoms with Crippen LogP contribution < -0.4 is 11.1 Å². The average Bonchev–Trinajstić information content (AvgIpc) is 2.93. The Balaban J connectivity index is 0.00000128. The Morgan fingerprint density at radius 2 is 2.12 bits per heavy atom. The molecule has 0 aromatic rings. The fourth-order valence-electron chi connectivity index (χ4n) is 1.80. The number of rotatable bonds is 5. The van der Waals surface area contributed by atoms with E-state index >= 15 is 0 Å². The predicted molar refractivity (Wildman–Crippen MR) is 76.0 cm³/mol. The normalized spacial score (nSPS) is 23.2. The van der Waals surface area contributed by atoms with Crippen molar-refractivity contribution < 1.29 is 5.11 Å². The van der Waals surface area contributed by atoms with Crippen molar-refractivity contribution in [1.82, 2.24) is 5.32 Å². The maximum atomic E-state index is 9.10. The van der Waals surface area contributed by atoms with E-state index in [1.54, 1.807) is 0 Å². The summed E-state index contributed by atoms with van der Waals surface area (Å²) in [5, 5.41) is 12.3. The summed E-state index contributed by atoms with van der Waals surface area (Å²) in [6.07, 6.45) is 6.17. The first-order valence-electron chi connectivity index (χ1n) is 5.89. The number of guanidine groups is 1. The van der Waals surface area contributed by atoms with Gasteiger partial charge in [-0.25, -0.2) is 0 Å². The molecule has 0 heterocycles. The smallest absolute Gasteiger partial charge is 0.188 e. The summed E-state index contributed by atoms with van der Waals surface area (Å²) < 4.78 is 0. The number of hydrogen-bond donors (Lipinski definition) is 3. The molecule has 5 heteroatoms. The predicted octanol–water partition coefficient (Wildman–Crippen LogP) is 1.08. The number of aliphatic hydroxyl groups is 1. The minimum absolute atomic E-state index is 0. The van der Waals surface area contributed by atoms with E-state index in [1.165, 1.54) is 19.3 Å². The summed E-state index contributed by atoms with van der Waals surface area (Å²) in [5.74, 6) is 1.34. The van der Waals surface area contributed by atoms with E-state index < -0.39 is 0 Å². The molecule has 2 aliphatic rings. The van der Waals surface area contributed by atoms with Crippen LogP contribution in [0.4, 0.5) is 0 Å². The van der Waals surface area contributed by atoms with Crippen LogP contribution in [-0.2, 0) is 0 Å². The Kier molecular flexibility index (Phi) is 5.30. The molecule has 4 N–H and O–H groups in total. The molecule has 0 spiro atoms. The molecular formula is C11H22IN3O. The van der Waals surface area contributed by atoms with Crippen molar-refractivity contribution in [2.75, 3.05) is 19.7 Å². The van der Waals surface area contributed by atoms with Gasteiger partial charge in [0.2, 0.25) is 0 Å². The first-order valence-corrected chi connectivity index (χ1v) is 5.89. The Hall–Kier alpha value is -0.0400. The summed E-state index contributed by atoms with van der Waals surface area (Å²) in [5.41, 5.74) is 5.82. The number of nitrogens with one attached hydrogen (secondary N) is 1. The minimum atomic E-state index is 0. The zero-order chi connectivity index (χ0) is 10.7. The third-order valence-electron chi connectivity index (χ3n) is 3.67. The summed E-state index contributed by atoms with van der Waals surface area (Å²) in [7, 11) is 0. The Morgan fingerprint density at radius 1 is 1.44 bits per heavy atom. The molecule has 2 rings (SSSR count). The second-order valence-electron chi connectivity index (χ2n) is 5.04. The molecule has 0 aromatic carbocycles. The zero-order valence-corrected chi connectivity index (χ0v) is 11.9. The van der Waals surface area contributed by atoms with Crippen LogP contribution in [-0.4, -0.2) is 30.8 Å². The Morgan fingerprint density at radius 3 is 2.56 bits per heavy atom. The van der Waals surface area contributed by atoms with Gasteiger partial charge < -0.3 is 16.2 Å². The van der Waals surface area contributed by atoms with Gasteiger partial charge in [-0.1, -0.05) is 6.42 Å². The molecule has 0 unspecified atom stereocenters. The highest BCUT2D eigenvalue weighted by molar-refractivity contribution is 14.0. The number of aliphatic imine (C=N–C) groups is 1. The third-order valence-corrected chi connectivity index (χ3v) is 3.67. The molecule has 16 heavy (non-hydrogen) atoms. The van der Waals surface area contributed by atoms with Gasteiger partial charge in [0, 0.05) is 12.0 Å². The highest BCUT2D eigenvalue weighted by Crippen LogP contribution is 2.45. The average molecular weight is 339 g/mol. The first kappa shape index (κ1) is 14.0. The molecule has 0 aromatic heterocycles. The highest BCUT2D eigenvalue weighted by atomic mass is 127. The van der Waals surface area contributed by atoms with Gasteiger partial charge in [0.25, 0.3) is 0 Å². The molecule has 2 fully saturated rings. The maximum absolute atomic E-state index is 9.10. The molecule has 4 nitrogen and oxygen atoms in total. The largest absolute Gasteiger partial charge is 0.396 e. The number of aliphatic hydroxyl groups excluding tert-OH is 1. The van der Waals surface area contributed by atoms with Gasteiger partial charge in [0.15, 0.2) is 5.96 Å². The van der Waals surface area contributed by atoms with Crippen LogP contribution in [0.5, 0.6) is 0 Å². The molecule has 0 amide bonds. The van der Waals surface area contributed by atoms with Crippen LogP contribution >= 0.6 is 24.0 Å². The molecule has 2 aliphatic carbocycles. The van der Waals surface area contributed by atoms with E-state index in [-0.39, 0.29) is 36.0 Å². The molecule has 0 saturated heterocycles. The molecule has 0 atom stereocenters. The Labute approximate surface area is 114 Å². The Bertz CT molecular complexity index is 250. The standard InChI is InChI=1S/C11H21N3O.HI/c12-10(13-6-9-2-1-3-9)14-7-11(8-15)4-5-11;/h9,15H,1-8H2,(H3,12,13,14);1H. The second-order valence-corrected chi connectivity index (χ2v) is 5.04. The fourth-order valence-corrected chi connectivity index (χ4v) is 1.80. The van der Waals surface area contributed by atoms with Crippen molar-refractivity contribution in [3.05, 3.63) is 0 Å². The number of hydrogen-bond acceptors (Lipinski definition) is 2. The van der Waals surface area contributed by atoms with Gasteiger partial charge in [-0.3, -0.25) is 4.99 Å². The lowest BCUT2D eigenvalue weighted by atomic mass is 9.85. The van der Waals surface area contributed by atoms with Gasteiger partial charge in [-0.15, -0.1) is 24.0 Å². The lowest BCUT2D eigenvalue weighted by Gasteiger charge is -2.25. The maximum Gasteiger partial charge on any atom is 0.188 e. The van der Waals surface area contributed by atoms with Crippen LogP contribution in [0.1, 0.15) is 32.1 Å². The summed E-state index contributed by atoms with van der Waals surface area (Å²) in [4.78, 5) is 4.28. The topological polar surface area (TPSA) is 70.6 Å². The van der Waals surface area contributed by atoms with E-state index in [4.69, 9.17) is 10.8 Å². The number of nitrogens with zero attached hydrogens (tertiary/aromatic N) is 1. The van der Waals surface area contributed by atoms with Gasteiger partial charge in [0.05, 0.1) is 13.2 Å². The van der Waals surface area contributed by atoms with Gasteiger partial charge >= 0.3 is 0 Å². The zero-order valence-electron chi connectivity index (χ0n) is 9.61. The quantitative estimate of drug-likeness (QED) is 0.399. The van der Waals surface area contributed by atoms with Crippen molar-refractivity contribution in [2.24, 2.45) is 22.1 Å². The van der Waals surface area contributed by atoms with Gasteiger partial charge in [-0.2, -0.15) is 0 Å². The fraction of sp³-hybridized carbons (Fsp3) is 0.909. The lowest BCUT2D eigenvalue weighted by Crippen LogP contribution is -2.37. The molecule has 94 valence electrons. The monoisotopic (exact) mass is 339 g/mol. The molecule has 2 saturated carbocycles. The van der Waals surface area contributed by atoms with Crippen molar-refractivity contribution >= 4 is 29.9 Å². The highest BCUT2D eigenvalue weighted by Gasteiger charge is 2.41. The van der Waals surface area contributed by atoms with Gasteiger partial charge in [0.1, 0.15) is 0 Å². The van der Waals surface area contributed by atoms with Crippen LogP contribution in [0, 0.1) is 11.3 Å². The van der Waals surface area contributed by atoms with E-state index in [9.17, 15) is 0 Å². The van der Waals surface area contributed by atoms with Crippen molar-refractivity contribution in [3.63, 3.8) is 0 Å². The van der Waals surface area contributed by atoms with Crippen LogP contribution in [0.3, 0.4) is 0 Å². The summed E-state index contributed by atoms with van der Waals surface area (Å²) in [6.45, 7) is 1.88. The molecule has 0 aliphatic heterocycles. The van der Waals surface area contributed by atoms with E-state index in [2.05, 4.69) is 10.3 Å². The summed E-state index contributed by atoms with van der Waals surface area (Å²) in [6, 6.07) is 0. The van der Waals surface area contributed by atoms with E-state index in [0.29, 0.717) is 12.5 Å². The lowest BCUT2D eigenvalue weighted by molar-refractivity contribution is 0.217. The van der Waals surface area contributed by atoms with Gasteiger partial charge in [-0.05, 0) is 31.6 Å².